The number of hydrogen-bond acceptors (Lipinski definition) is 6. The van der Waals surface area contributed by atoms with Crippen LogP contribution >= 0.6 is 0 Å². The van der Waals surface area contributed by atoms with Gasteiger partial charge in [0.1, 0.15) is 5.75 Å². The van der Waals surface area contributed by atoms with E-state index in [1.807, 2.05) is 31.2 Å². The summed E-state index contributed by atoms with van der Waals surface area (Å²) in [5.41, 5.74) is 16.0. The molecule has 2 aromatic carbocycles. The van der Waals surface area contributed by atoms with E-state index in [4.69, 9.17) is 22.8 Å². The molecular formula is C24H24N6O2. The number of ether oxygens (including phenoxy) is 1. The Morgan fingerprint density at radius 3 is 2.81 bits per heavy atom. The molecule has 0 radical (unpaired) electrons. The third-order valence-electron chi connectivity index (χ3n) is 5.50. The van der Waals surface area contributed by atoms with Crippen molar-refractivity contribution in [2.24, 2.45) is 16.5 Å². The van der Waals surface area contributed by atoms with Gasteiger partial charge in [0.05, 0.1) is 29.5 Å². The van der Waals surface area contributed by atoms with E-state index in [-0.39, 0.29) is 18.2 Å². The molecule has 8 heteroatoms. The summed E-state index contributed by atoms with van der Waals surface area (Å²) < 4.78 is 5.94. The Morgan fingerprint density at radius 2 is 2.19 bits per heavy atom. The first kappa shape index (κ1) is 21.3. The molecule has 1 saturated carbocycles. The second-order valence-corrected chi connectivity index (χ2v) is 7.65. The average Bonchev–Trinajstić information content (AvgIpc) is 3.61. The normalized spacial score (nSPS) is 14.4. The molecule has 8 nitrogen and oxygen atoms in total. The molecule has 1 aromatic heterocycles. The molecule has 0 atom stereocenters. The number of rotatable bonds is 6. The van der Waals surface area contributed by atoms with Gasteiger partial charge in [-0.05, 0) is 43.0 Å². The van der Waals surface area contributed by atoms with E-state index < -0.39 is 0 Å². The maximum atomic E-state index is 12.4. The van der Waals surface area contributed by atoms with Crippen LogP contribution in [0.3, 0.4) is 0 Å². The minimum Gasteiger partial charge on any atom is -0.501 e. The summed E-state index contributed by atoms with van der Waals surface area (Å²) in [6.07, 6.45) is 3.63. The first-order chi connectivity index (χ1) is 15.5. The van der Waals surface area contributed by atoms with Crippen LogP contribution in [0.1, 0.15) is 35.2 Å². The van der Waals surface area contributed by atoms with Gasteiger partial charge in [-0.3, -0.25) is 9.79 Å². The first-order valence-electron chi connectivity index (χ1n) is 10.3. The van der Waals surface area contributed by atoms with Crippen LogP contribution in [-0.2, 0) is 6.54 Å². The van der Waals surface area contributed by atoms with Crippen molar-refractivity contribution in [1.82, 2.24) is 10.2 Å². The highest BCUT2D eigenvalue weighted by Crippen LogP contribution is 2.38. The fraction of sp³-hybridized carbons (Fsp3) is 0.250. The molecule has 32 heavy (non-hydrogen) atoms. The summed E-state index contributed by atoms with van der Waals surface area (Å²) in [6.45, 7) is 9.79. The molecule has 3 aromatic rings. The standard InChI is InChI=1S/C24H24N6O2/c1-13-9-14(10-17-19(12-26)29-30-24(31)21(13)17)18(11-25)22(27-2)16-5-4-6-20(23(16)28-3)32-15-7-8-15/h4-6,9-11,15H,7-8,12,25-26H2,1-2H3,(H,30,31)/b18-11-,27-22?. The van der Waals surface area contributed by atoms with Crippen molar-refractivity contribution < 1.29 is 4.74 Å². The molecular weight excluding hydrogens is 404 g/mol. The van der Waals surface area contributed by atoms with Crippen molar-refractivity contribution in [3.8, 4) is 5.75 Å². The van der Waals surface area contributed by atoms with E-state index >= 15 is 0 Å². The van der Waals surface area contributed by atoms with Gasteiger partial charge in [-0.15, -0.1) is 0 Å². The summed E-state index contributed by atoms with van der Waals surface area (Å²) in [6, 6.07) is 9.22. The number of nitrogens with one attached hydrogen (secondary N) is 1. The topological polar surface area (TPSA) is 124 Å². The molecule has 1 heterocycles. The summed E-state index contributed by atoms with van der Waals surface area (Å²) in [4.78, 5) is 20.6. The van der Waals surface area contributed by atoms with Gasteiger partial charge in [-0.2, -0.15) is 5.10 Å². The van der Waals surface area contributed by atoms with E-state index in [9.17, 15) is 4.79 Å². The highest BCUT2D eigenvalue weighted by Gasteiger charge is 2.26. The molecule has 0 aliphatic heterocycles. The van der Waals surface area contributed by atoms with E-state index in [0.717, 1.165) is 24.0 Å². The molecule has 0 unspecified atom stereocenters. The zero-order chi connectivity index (χ0) is 22.8. The van der Waals surface area contributed by atoms with Crippen molar-refractivity contribution in [3.63, 3.8) is 0 Å². The van der Waals surface area contributed by atoms with E-state index in [2.05, 4.69) is 20.0 Å². The SMILES string of the molecule is [C-]#[N+]c1c(OC2CC2)cccc1C(=NC)/C(=C\N)c1cc(C)c2c(=O)[nH]nc(CN)c2c1. The Hall–Kier alpha value is -3.96. The van der Waals surface area contributed by atoms with Gasteiger partial charge in [-0.1, -0.05) is 18.2 Å². The fourth-order valence-electron chi connectivity index (χ4n) is 3.85. The van der Waals surface area contributed by atoms with Gasteiger partial charge in [0, 0.05) is 36.3 Å². The van der Waals surface area contributed by atoms with Gasteiger partial charge in [0.15, 0.2) is 0 Å². The molecule has 0 saturated heterocycles. The smallest absolute Gasteiger partial charge is 0.272 e. The van der Waals surface area contributed by atoms with Gasteiger partial charge >= 0.3 is 0 Å². The number of aliphatic imine (C=N–C) groups is 1. The Labute approximate surface area is 185 Å². The first-order valence-corrected chi connectivity index (χ1v) is 10.3. The van der Waals surface area contributed by atoms with Crippen LogP contribution in [0.15, 0.2) is 46.3 Å². The molecule has 1 aliphatic rings. The van der Waals surface area contributed by atoms with Crippen molar-refractivity contribution >= 4 is 27.7 Å². The maximum Gasteiger partial charge on any atom is 0.272 e. The van der Waals surface area contributed by atoms with Crippen LogP contribution in [-0.4, -0.2) is 29.1 Å². The molecule has 0 spiro atoms. The molecule has 1 aliphatic carbocycles. The average molecular weight is 428 g/mol. The zero-order valence-electron chi connectivity index (χ0n) is 18.0. The summed E-state index contributed by atoms with van der Waals surface area (Å²) in [7, 11) is 1.66. The number of benzene rings is 2. The number of aromatic nitrogens is 2. The number of para-hydroxylation sites is 1. The zero-order valence-corrected chi connectivity index (χ0v) is 18.0. The van der Waals surface area contributed by atoms with Crippen molar-refractivity contribution in [2.75, 3.05) is 7.05 Å². The van der Waals surface area contributed by atoms with Gasteiger partial charge in [-0.25, -0.2) is 9.94 Å². The lowest BCUT2D eigenvalue weighted by atomic mass is 9.92. The Kier molecular flexibility index (Phi) is 5.75. The van der Waals surface area contributed by atoms with Crippen LogP contribution in [0, 0.1) is 13.5 Å². The van der Waals surface area contributed by atoms with E-state index in [0.29, 0.717) is 44.8 Å². The fourth-order valence-corrected chi connectivity index (χ4v) is 3.85. The third-order valence-corrected chi connectivity index (χ3v) is 5.50. The highest BCUT2D eigenvalue weighted by atomic mass is 16.5. The summed E-state index contributed by atoms with van der Waals surface area (Å²) >= 11 is 0. The number of hydrogen-bond donors (Lipinski definition) is 3. The quantitative estimate of drug-likeness (QED) is 0.411. The van der Waals surface area contributed by atoms with Crippen LogP contribution in [0.2, 0.25) is 0 Å². The highest BCUT2D eigenvalue weighted by molar-refractivity contribution is 6.34. The number of nitrogens with zero attached hydrogens (tertiary/aromatic N) is 3. The molecule has 0 bridgehead atoms. The maximum absolute atomic E-state index is 12.4. The van der Waals surface area contributed by atoms with Crippen molar-refractivity contribution in [2.45, 2.75) is 32.4 Å². The lowest BCUT2D eigenvalue weighted by molar-refractivity contribution is 0.305. The van der Waals surface area contributed by atoms with E-state index in [1.54, 1.807) is 13.1 Å². The van der Waals surface area contributed by atoms with Crippen LogP contribution in [0.5, 0.6) is 5.75 Å². The predicted molar refractivity (Wildman–Crippen MR) is 126 cm³/mol. The summed E-state index contributed by atoms with van der Waals surface area (Å²) in [5.74, 6) is 0.549. The number of H-pyrrole nitrogens is 1. The molecule has 1 fully saturated rings. The monoisotopic (exact) mass is 428 g/mol. The summed E-state index contributed by atoms with van der Waals surface area (Å²) in [5, 5.41) is 7.79. The lowest BCUT2D eigenvalue weighted by Gasteiger charge is -2.16. The van der Waals surface area contributed by atoms with E-state index in [1.165, 1.54) is 6.20 Å². The predicted octanol–water partition coefficient (Wildman–Crippen LogP) is 3.20. The Morgan fingerprint density at radius 1 is 1.41 bits per heavy atom. The molecule has 5 N–H and O–H groups in total. The Balaban J connectivity index is 1.88. The lowest BCUT2D eigenvalue weighted by Crippen LogP contribution is -2.15. The molecule has 162 valence electrons. The van der Waals surface area contributed by atoms with Crippen LogP contribution in [0.4, 0.5) is 5.69 Å². The largest absolute Gasteiger partial charge is 0.501 e. The second-order valence-electron chi connectivity index (χ2n) is 7.65. The Bertz CT molecular complexity index is 1360. The van der Waals surface area contributed by atoms with Crippen LogP contribution in [0.25, 0.3) is 21.2 Å². The number of nitrogens with two attached hydrogens (primary N) is 2. The minimum absolute atomic E-state index is 0.167. The van der Waals surface area contributed by atoms with Crippen molar-refractivity contribution in [1.29, 1.82) is 0 Å². The van der Waals surface area contributed by atoms with Crippen LogP contribution < -0.4 is 21.8 Å². The molecule has 4 rings (SSSR count). The molecule has 0 amide bonds. The number of aryl methyl sites for hydroxylation is 1. The number of fused-ring (bicyclic) bond motifs is 1. The van der Waals surface area contributed by atoms with Gasteiger partial charge < -0.3 is 16.2 Å². The second kappa shape index (κ2) is 8.65. The third kappa shape index (κ3) is 3.74. The number of allylic oxidation sites excluding steroid dienone is 1. The van der Waals surface area contributed by atoms with Crippen molar-refractivity contribution in [3.05, 3.63) is 80.7 Å². The minimum atomic E-state index is -0.274. The number of aromatic amines is 1. The van der Waals surface area contributed by atoms with Gasteiger partial charge in [0.25, 0.3) is 5.56 Å². The van der Waals surface area contributed by atoms with Gasteiger partial charge in [0.2, 0.25) is 5.69 Å².